The van der Waals surface area contributed by atoms with E-state index in [2.05, 4.69) is 39.9 Å². The van der Waals surface area contributed by atoms with E-state index in [9.17, 15) is 14.4 Å². The van der Waals surface area contributed by atoms with Crippen molar-refractivity contribution in [1.82, 2.24) is 5.32 Å². The molecule has 1 fully saturated rings. The largest absolute Gasteiger partial charge is 0.481 e. The zero-order chi connectivity index (χ0) is 18.4. The summed E-state index contributed by atoms with van der Waals surface area (Å²) in [6.07, 6.45) is 1.27. The van der Waals surface area contributed by atoms with Crippen LogP contribution in [0.25, 0.3) is 0 Å². The van der Waals surface area contributed by atoms with Gasteiger partial charge in [0.25, 0.3) is 0 Å². The van der Waals surface area contributed by atoms with E-state index >= 15 is 0 Å². The molecule has 7 nitrogen and oxygen atoms in total. The molecule has 1 aliphatic heterocycles. The van der Waals surface area contributed by atoms with E-state index in [0.717, 1.165) is 5.92 Å². The topological polar surface area (TPSA) is 124 Å². The summed E-state index contributed by atoms with van der Waals surface area (Å²) in [6, 6.07) is 0. The SMILES string of the molecule is CC1CC(C)(C)NC(C)(C)C1.O=C(O)CC(CC(=O)O)C(=O)O. The Morgan fingerprint density at radius 2 is 1.30 bits per heavy atom. The molecule has 1 heterocycles. The third kappa shape index (κ3) is 9.89. The van der Waals surface area contributed by atoms with Gasteiger partial charge in [-0.3, -0.25) is 14.4 Å². The monoisotopic (exact) mass is 331 g/mol. The maximum Gasteiger partial charge on any atom is 0.307 e. The summed E-state index contributed by atoms with van der Waals surface area (Å²) in [7, 11) is 0. The lowest BCUT2D eigenvalue weighted by atomic mass is 9.77. The molecular formula is C16H29NO6. The first-order valence-corrected chi connectivity index (χ1v) is 7.70. The summed E-state index contributed by atoms with van der Waals surface area (Å²) in [5, 5.41) is 28.4. The number of piperidine rings is 1. The molecule has 0 aromatic heterocycles. The molecule has 23 heavy (non-hydrogen) atoms. The number of hydrogen-bond acceptors (Lipinski definition) is 4. The van der Waals surface area contributed by atoms with Crippen molar-refractivity contribution in [2.24, 2.45) is 11.8 Å². The molecule has 0 aromatic rings. The fraction of sp³-hybridized carbons (Fsp3) is 0.812. The second-order valence-electron chi connectivity index (χ2n) is 7.64. The number of carbonyl (C=O) groups is 3. The predicted molar refractivity (Wildman–Crippen MR) is 85.3 cm³/mol. The zero-order valence-electron chi connectivity index (χ0n) is 14.5. The summed E-state index contributed by atoms with van der Waals surface area (Å²) >= 11 is 0. The van der Waals surface area contributed by atoms with Gasteiger partial charge in [0.2, 0.25) is 0 Å². The first-order valence-electron chi connectivity index (χ1n) is 7.70. The highest BCUT2D eigenvalue weighted by Crippen LogP contribution is 2.31. The molecule has 0 aliphatic carbocycles. The van der Waals surface area contributed by atoms with Crippen LogP contribution >= 0.6 is 0 Å². The van der Waals surface area contributed by atoms with Crippen LogP contribution in [0.15, 0.2) is 0 Å². The lowest BCUT2D eigenvalue weighted by molar-refractivity contribution is -0.152. The predicted octanol–water partition coefficient (Wildman–Crippen LogP) is 2.20. The molecule has 0 radical (unpaired) electrons. The normalized spacial score (nSPS) is 19.6. The third-order valence-electron chi connectivity index (χ3n) is 3.59. The Bertz CT molecular complexity index is 412. The van der Waals surface area contributed by atoms with Crippen molar-refractivity contribution in [3.05, 3.63) is 0 Å². The number of carboxylic acid groups (broad SMARTS) is 3. The Morgan fingerprint density at radius 1 is 0.957 bits per heavy atom. The van der Waals surface area contributed by atoms with Crippen molar-refractivity contribution < 1.29 is 29.7 Å². The van der Waals surface area contributed by atoms with Gasteiger partial charge in [-0.25, -0.2) is 0 Å². The van der Waals surface area contributed by atoms with Crippen LogP contribution in [0.1, 0.15) is 60.3 Å². The van der Waals surface area contributed by atoms with Crippen LogP contribution in [0.2, 0.25) is 0 Å². The van der Waals surface area contributed by atoms with Crippen LogP contribution in [0.5, 0.6) is 0 Å². The second-order valence-corrected chi connectivity index (χ2v) is 7.64. The van der Waals surface area contributed by atoms with E-state index in [1.54, 1.807) is 0 Å². The van der Waals surface area contributed by atoms with Crippen LogP contribution in [0, 0.1) is 11.8 Å². The Hall–Kier alpha value is -1.63. The number of aliphatic carboxylic acids is 3. The van der Waals surface area contributed by atoms with E-state index < -0.39 is 36.7 Å². The minimum atomic E-state index is -1.40. The molecule has 0 amide bonds. The van der Waals surface area contributed by atoms with Gasteiger partial charge >= 0.3 is 17.9 Å². The Balaban J connectivity index is 0.000000422. The molecule has 7 heteroatoms. The zero-order valence-corrected chi connectivity index (χ0v) is 14.5. The van der Waals surface area contributed by atoms with E-state index in [0.29, 0.717) is 11.1 Å². The summed E-state index contributed by atoms with van der Waals surface area (Å²) in [5.74, 6) is -4.52. The number of carboxylic acids is 3. The van der Waals surface area contributed by atoms with Crippen LogP contribution in [-0.4, -0.2) is 44.3 Å². The van der Waals surface area contributed by atoms with Gasteiger partial charge in [0.05, 0.1) is 18.8 Å². The first-order chi connectivity index (χ1) is 10.2. The summed E-state index contributed by atoms with van der Waals surface area (Å²) in [6.45, 7) is 11.5. The van der Waals surface area contributed by atoms with Gasteiger partial charge in [-0.05, 0) is 46.5 Å². The molecular weight excluding hydrogens is 302 g/mol. The fourth-order valence-corrected chi connectivity index (χ4v) is 3.50. The minimum Gasteiger partial charge on any atom is -0.481 e. The van der Waals surface area contributed by atoms with Crippen molar-refractivity contribution in [3.63, 3.8) is 0 Å². The van der Waals surface area contributed by atoms with Crippen molar-refractivity contribution >= 4 is 17.9 Å². The van der Waals surface area contributed by atoms with Crippen LogP contribution in [0.3, 0.4) is 0 Å². The lowest BCUT2D eigenvalue weighted by Gasteiger charge is -2.45. The average Bonchev–Trinajstić information content (AvgIpc) is 2.21. The van der Waals surface area contributed by atoms with Crippen molar-refractivity contribution in [1.29, 1.82) is 0 Å². The van der Waals surface area contributed by atoms with Gasteiger partial charge < -0.3 is 20.6 Å². The van der Waals surface area contributed by atoms with Gasteiger partial charge in [0.15, 0.2) is 0 Å². The van der Waals surface area contributed by atoms with Gasteiger partial charge in [-0.1, -0.05) is 6.92 Å². The highest BCUT2D eigenvalue weighted by Gasteiger charge is 2.35. The Labute approximate surface area is 137 Å². The molecule has 1 aliphatic rings. The second kappa shape index (κ2) is 8.29. The average molecular weight is 331 g/mol. The van der Waals surface area contributed by atoms with Gasteiger partial charge in [0, 0.05) is 11.1 Å². The molecule has 0 atom stereocenters. The molecule has 0 bridgehead atoms. The van der Waals surface area contributed by atoms with Crippen molar-refractivity contribution in [2.45, 2.75) is 71.4 Å². The molecule has 0 saturated carbocycles. The Kier molecular flexibility index (Phi) is 7.70. The smallest absolute Gasteiger partial charge is 0.307 e. The maximum atomic E-state index is 10.2. The summed E-state index contributed by atoms with van der Waals surface area (Å²) in [5.41, 5.74) is 0.669. The van der Waals surface area contributed by atoms with Crippen LogP contribution in [-0.2, 0) is 14.4 Å². The van der Waals surface area contributed by atoms with Crippen LogP contribution in [0.4, 0.5) is 0 Å². The molecule has 4 N–H and O–H groups in total. The summed E-state index contributed by atoms with van der Waals surface area (Å²) in [4.78, 5) is 30.3. The van der Waals surface area contributed by atoms with E-state index in [4.69, 9.17) is 15.3 Å². The molecule has 1 saturated heterocycles. The van der Waals surface area contributed by atoms with E-state index in [1.807, 2.05) is 0 Å². The number of hydrogen-bond donors (Lipinski definition) is 4. The first kappa shape index (κ1) is 21.4. The number of nitrogens with one attached hydrogen (secondary N) is 1. The standard InChI is InChI=1S/C10H21N.C6H8O6/c1-8-6-9(2,3)11-10(4,5)7-8;7-4(8)1-3(6(11)12)2-5(9)10/h8,11H,6-7H2,1-5H3;3H,1-2H2,(H,7,8)(H,9,10)(H,11,12). The molecule has 0 spiro atoms. The van der Waals surface area contributed by atoms with E-state index in [1.165, 1.54) is 12.8 Å². The minimum absolute atomic E-state index is 0.334. The lowest BCUT2D eigenvalue weighted by Crippen LogP contribution is -2.57. The fourth-order valence-electron chi connectivity index (χ4n) is 3.50. The molecule has 134 valence electrons. The van der Waals surface area contributed by atoms with Crippen molar-refractivity contribution in [3.8, 4) is 0 Å². The van der Waals surface area contributed by atoms with Crippen molar-refractivity contribution in [2.75, 3.05) is 0 Å². The number of rotatable bonds is 5. The quantitative estimate of drug-likeness (QED) is 0.608. The van der Waals surface area contributed by atoms with Crippen LogP contribution < -0.4 is 5.32 Å². The Morgan fingerprint density at radius 3 is 1.52 bits per heavy atom. The summed E-state index contributed by atoms with van der Waals surface area (Å²) < 4.78 is 0. The molecule has 0 unspecified atom stereocenters. The van der Waals surface area contributed by atoms with E-state index in [-0.39, 0.29) is 0 Å². The van der Waals surface area contributed by atoms with Gasteiger partial charge in [-0.15, -0.1) is 0 Å². The molecule has 1 rings (SSSR count). The third-order valence-corrected chi connectivity index (χ3v) is 3.59. The highest BCUT2D eigenvalue weighted by atomic mass is 16.4. The highest BCUT2D eigenvalue weighted by molar-refractivity contribution is 5.82. The maximum absolute atomic E-state index is 10.2. The molecule has 0 aromatic carbocycles. The van der Waals surface area contributed by atoms with Gasteiger partial charge in [-0.2, -0.15) is 0 Å². The van der Waals surface area contributed by atoms with Gasteiger partial charge in [0.1, 0.15) is 0 Å².